The lowest BCUT2D eigenvalue weighted by Gasteiger charge is -2.33. The van der Waals surface area contributed by atoms with Crippen molar-refractivity contribution in [2.24, 2.45) is 7.05 Å². The van der Waals surface area contributed by atoms with Gasteiger partial charge in [-0.3, -0.25) is 4.79 Å². The molecule has 1 unspecified atom stereocenters. The molecule has 1 amide bonds. The Kier molecular flexibility index (Phi) is 3.88. The lowest BCUT2D eigenvalue weighted by molar-refractivity contribution is -0.124. The van der Waals surface area contributed by atoms with Crippen molar-refractivity contribution in [1.29, 1.82) is 0 Å². The van der Waals surface area contributed by atoms with Gasteiger partial charge in [0.2, 0.25) is 5.91 Å². The Bertz CT molecular complexity index is 567. The summed E-state index contributed by atoms with van der Waals surface area (Å²) in [6, 6.07) is -0.745. The number of aromatic nitrogens is 2. The average molecular weight is 287 g/mol. The second kappa shape index (κ2) is 5.27. The smallest absolute Gasteiger partial charge is 0.262 e. The number of hydrogen-bond donors (Lipinski definition) is 2. The molecule has 9 heteroatoms. The van der Waals surface area contributed by atoms with Crippen LogP contribution >= 0.6 is 0 Å². The lowest BCUT2D eigenvalue weighted by atomic mass is 10.2. The summed E-state index contributed by atoms with van der Waals surface area (Å²) in [4.78, 5) is 15.6. The number of amides is 1. The standard InChI is InChI=1S/C10H17N5O3S/c1-11-10(16)8-5-12-3-4-15(8)19(17,18)9-6-14(2)7-13-9/h6-8,12H,3-5H2,1-2H3,(H,11,16). The summed E-state index contributed by atoms with van der Waals surface area (Å²) in [5, 5.41) is 5.46. The molecule has 1 fully saturated rings. The van der Waals surface area contributed by atoms with E-state index in [0.29, 0.717) is 13.1 Å². The van der Waals surface area contributed by atoms with E-state index in [2.05, 4.69) is 15.6 Å². The SMILES string of the molecule is CNC(=O)C1CNCCN1S(=O)(=O)c1cn(C)cn1. The van der Waals surface area contributed by atoms with Crippen molar-refractivity contribution in [2.75, 3.05) is 26.7 Å². The minimum Gasteiger partial charge on any atom is -0.358 e. The van der Waals surface area contributed by atoms with Crippen molar-refractivity contribution >= 4 is 15.9 Å². The molecule has 1 aliphatic heterocycles. The molecular weight excluding hydrogens is 270 g/mol. The number of aryl methyl sites for hydroxylation is 1. The van der Waals surface area contributed by atoms with Crippen molar-refractivity contribution in [3.63, 3.8) is 0 Å². The summed E-state index contributed by atoms with van der Waals surface area (Å²) in [5.41, 5.74) is 0. The van der Waals surface area contributed by atoms with Crippen molar-refractivity contribution in [2.45, 2.75) is 11.1 Å². The van der Waals surface area contributed by atoms with Crippen molar-refractivity contribution < 1.29 is 13.2 Å². The Morgan fingerprint density at radius 3 is 2.89 bits per heavy atom. The zero-order valence-corrected chi connectivity index (χ0v) is 11.6. The molecule has 106 valence electrons. The first-order valence-electron chi connectivity index (χ1n) is 5.89. The van der Waals surface area contributed by atoms with Gasteiger partial charge in [-0.25, -0.2) is 13.4 Å². The average Bonchev–Trinajstić information content (AvgIpc) is 2.85. The van der Waals surface area contributed by atoms with Crippen LogP contribution in [0.3, 0.4) is 0 Å². The van der Waals surface area contributed by atoms with E-state index < -0.39 is 16.1 Å². The quantitative estimate of drug-likeness (QED) is 0.679. The number of likely N-dealkylation sites (N-methyl/N-ethyl adjacent to an activating group) is 1. The first-order valence-corrected chi connectivity index (χ1v) is 7.33. The molecule has 0 radical (unpaired) electrons. The van der Waals surface area contributed by atoms with Gasteiger partial charge in [-0.05, 0) is 0 Å². The topological polar surface area (TPSA) is 96.3 Å². The van der Waals surface area contributed by atoms with Gasteiger partial charge in [-0.2, -0.15) is 4.31 Å². The van der Waals surface area contributed by atoms with Crippen LogP contribution in [0.4, 0.5) is 0 Å². The molecule has 0 aromatic carbocycles. The van der Waals surface area contributed by atoms with Crippen LogP contribution in [0.15, 0.2) is 17.6 Å². The Balaban J connectivity index is 2.34. The first kappa shape index (κ1) is 14.0. The number of hydrogen-bond acceptors (Lipinski definition) is 5. The number of carbonyl (C=O) groups is 1. The third-order valence-electron chi connectivity index (χ3n) is 3.00. The van der Waals surface area contributed by atoms with Gasteiger partial charge in [0.05, 0.1) is 6.33 Å². The zero-order chi connectivity index (χ0) is 14.0. The molecule has 1 aromatic rings. The van der Waals surface area contributed by atoms with Gasteiger partial charge < -0.3 is 15.2 Å². The van der Waals surface area contributed by atoms with Crippen LogP contribution in [0.1, 0.15) is 0 Å². The van der Waals surface area contributed by atoms with E-state index in [1.54, 1.807) is 11.6 Å². The third-order valence-corrected chi connectivity index (χ3v) is 4.79. The van der Waals surface area contributed by atoms with Gasteiger partial charge in [0.1, 0.15) is 6.04 Å². The maximum absolute atomic E-state index is 12.5. The van der Waals surface area contributed by atoms with Crippen LogP contribution in [0.25, 0.3) is 0 Å². The van der Waals surface area contributed by atoms with E-state index in [9.17, 15) is 13.2 Å². The van der Waals surface area contributed by atoms with Crippen molar-refractivity contribution in [3.05, 3.63) is 12.5 Å². The first-order chi connectivity index (χ1) is 8.96. The lowest BCUT2D eigenvalue weighted by Crippen LogP contribution is -2.59. The van der Waals surface area contributed by atoms with E-state index in [0.717, 1.165) is 0 Å². The number of sulfonamides is 1. The number of imidazole rings is 1. The highest BCUT2D eigenvalue weighted by Gasteiger charge is 2.38. The van der Waals surface area contributed by atoms with E-state index in [4.69, 9.17) is 0 Å². The Hall–Kier alpha value is -1.45. The van der Waals surface area contributed by atoms with Gasteiger partial charge in [0.25, 0.3) is 10.0 Å². The highest BCUT2D eigenvalue weighted by Crippen LogP contribution is 2.17. The van der Waals surface area contributed by atoms with Gasteiger partial charge >= 0.3 is 0 Å². The number of nitrogens with zero attached hydrogens (tertiary/aromatic N) is 3. The van der Waals surface area contributed by atoms with Gasteiger partial charge in [0.15, 0.2) is 5.03 Å². The number of piperazine rings is 1. The predicted octanol–water partition coefficient (Wildman–Crippen LogP) is -1.87. The molecule has 19 heavy (non-hydrogen) atoms. The summed E-state index contributed by atoms with van der Waals surface area (Å²) >= 11 is 0. The van der Waals surface area contributed by atoms with Gasteiger partial charge in [-0.1, -0.05) is 0 Å². The van der Waals surface area contributed by atoms with Crippen LogP contribution in [-0.4, -0.2) is 60.9 Å². The molecule has 2 rings (SSSR count). The highest BCUT2D eigenvalue weighted by molar-refractivity contribution is 7.89. The number of nitrogens with one attached hydrogen (secondary N) is 2. The largest absolute Gasteiger partial charge is 0.358 e. The molecule has 0 spiro atoms. The fourth-order valence-electron chi connectivity index (χ4n) is 2.01. The summed E-state index contributed by atoms with van der Waals surface area (Å²) in [6.07, 6.45) is 2.85. The van der Waals surface area contributed by atoms with E-state index in [1.807, 2.05) is 0 Å². The van der Waals surface area contributed by atoms with Crippen molar-refractivity contribution in [3.8, 4) is 0 Å². The summed E-state index contributed by atoms with van der Waals surface area (Å²) in [7, 11) is -0.562. The Labute approximate surface area is 111 Å². The Morgan fingerprint density at radius 1 is 1.58 bits per heavy atom. The predicted molar refractivity (Wildman–Crippen MR) is 67.8 cm³/mol. The van der Waals surface area contributed by atoms with Gasteiger partial charge in [0, 0.05) is 39.9 Å². The Morgan fingerprint density at radius 2 is 2.32 bits per heavy atom. The zero-order valence-electron chi connectivity index (χ0n) is 10.8. The van der Waals surface area contributed by atoms with E-state index >= 15 is 0 Å². The molecule has 1 aromatic heterocycles. The maximum atomic E-state index is 12.5. The monoisotopic (exact) mass is 287 g/mol. The number of carbonyl (C=O) groups excluding carboxylic acids is 1. The molecule has 0 bridgehead atoms. The fraction of sp³-hybridized carbons (Fsp3) is 0.600. The molecular formula is C10H17N5O3S. The molecule has 1 saturated heterocycles. The maximum Gasteiger partial charge on any atom is 0.262 e. The van der Waals surface area contributed by atoms with Crippen molar-refractivity contribution in [1.82, 2.24) is 24.5 Å². The summed E-state index contributed by atoms with van der Waals surface area (Å²) in [6.45, 7) is 1.06. The molecule has 1 atom stereocenters. The van der Waals surface area contributed by atoms with Crippen LogP contribution in [-0.2, 0) is 21.9 Å². The summed E-state index contributed by atoms with van der Waals surface area (Å²) in [5.74, 6) is -0.327. The molecule has 8 nitrogen and oxygen atoms in total. The van der Waals surface area contributed by atoms with Crippen LogP contribution in [0.2, 0.25) is 0 Å². The number of rotatable bonds is 3. The van der Waals surface area contributed by atoms with Crippen LogP contribution < -0.4 is 10.6 Å². The normalized spacial score (nSPS) is 21.3. The molecule has 0 aliphatic carbocycles. The fourth-order valence-corrected chi connectivity index (χ4v) is 3.56. The minimum absolute atomic E-state index is 0.0363. The van der Waals surface area contributed by atoms with Gasteiger partial charge in [-0.15, -0.1) is 0 Å². The highest BCUT2D eigenvalue weighted by atomic mass is 32.2. The molecule has 2 heterocycles. The van der Waals surface area contributed by atoms with Crippen LogP contribution in [0.5, 0.6) is 0 Å². The van der Waals surface area contributed by atoms with Crippen LogP contribution in [0, 0.1) is 0 Å². The molecule has 2 N–H and O–H groups in total. The molecule has 0 saturated carbocycles. The molecule has 1 aliphatic rings. The third kappa shape index (κ3) is 2.62. The van der Waals surface area contributed by atoms with E-state index in [1.165, 1.54) is 23.9 Å². The summed E-state index contributed by atoms with van der Waals surface area (Å²) < 4.78 is 27.7. The van der Waals surface area contributed by atoms with E-state index in [-0.39, 0.29) is 17.5 Å². The second-order valence-corrected chi connectivity index (χ2v) is 6.16. The second-order valence-electron chi connectivity index (χ2n) is 4.33. The minimum atomic E-state index is -3.74.